The maximum absolute atomic E-state index is 13.5. The zero-order valence-corrected chi connectivity index (χ0v) is 18.9. The van der Waals surface area contributed by atoms with Gasteiger partial charge in [-0.25, -0.2) is 9.67 Å². The van der Waals surface area contributed by atoms with Crippen LogP contribution in [-0.2, 0) is 0 Å². The maximum atomic E-state index is 13.5. The number of hydrogen-bond donors (Lipinski definition) is 1. The van der Waals surface area contributed by atoms with E-state index in [0.717, 1.165) is 5.69 Å². The largest absolute Gasteiger partial charge is 0.497 e. The second-order valence-corrected chi connectivity index (χ2v) is 7.61. The van der Waals surface area contributed by atoms with E-state index < -0.39 is 0 Å². The number of nitrogens with one attached hydrogen (secondary N) is 1. The Morgan fingerprint density at radius 1 is 1.00 bits per heavy atom. The third-order valence-electron chi connectivity index (χ3n) is 5.39. The molecule has 8 nitrogen and oxygen atoms in total. The van der Waals surface area contributed by atoms with Gasteiger partial charge in [0.1, 0.15) is 22.7 Å². The Morgan fingerprint density at radius 2 is 1.82 bits per heavy atom. The van der Waals surface area contributed by atoms with Crippen LogP contribution in [-0.4, -0.2) is 34.9 Å². The molecule has 0 aliphatic carbocycles. The predicted octanol–water partition coefficient (Wildman–Crippen LogP) is 5.26. The zero-order valence-electron chi connectivity index (χ0n) is 18.9. The van der Waals surface area contributed by atoms with E-state index in [4.69, 9.17) is 19.0 Å². The van der Waals surface area contributed by atoms with Gasteiger partial charge in [-0.3, -0.25) is 4.79 Å². The summed E-state index contributed by atoms with van der Waals surface area (Å²) in [6, 6.07) is 20.3. The van der Waals surface area contributed by atoms with Crippen molar-refractivity contribution in [2.75, 3.05) is 19.5 Å². The van der Waals surface area contributed by atoms with Crippen LogP contribution in [0, 0.1) is 6.92 Å². The number of fused-ring (bicyclic) bond motifs is 1. The number of nitrogens with zero attached hydrogens (tertiary/aromatic N) is 3. The molecule has 0 radical (unpaired) electrons. The van der Waals surface area contributed by atoms with Crippen LogP contribution < -0.4 is 14.8 Å². The quantitative estimate of drug-likeness (QED) is 0.376. The fourth-order valence-electron chi connectivity index (χ4n) is 3.77. The minimum absolute atomic E-state index is 0.318. The molecule has 0 spiro atoms. The number of benzene rings is 3. The normalized spacial score (nSPS) is 10.9. The SMILES string of the molecule is COc1ccc(OC)c(-c2nn(-c3ccccc3)cc2C(=O)Nc2ccc3oc(C)nc3c2)c1. The minimum atomic E-state index is -0.318. The molecule has 0 fully saturated rings. The van der Waals surface area contributed by atoms with Crippen LogP contribution in [0.1, 0.15) is 16.2 Å². The summed E-state index contributed by atoms with van der Waals surface area (Å²) in [7, 11) is 3.16. The van der Waals surface area contributed by atoms with E-state index in [9.17, 15) is 4.79 Å². The Hall–Kier alpha value is -4.59. The molecule has 170 valence electrons. The van der Waals surface area contributed by atoms with E-state index in [1.165, 1.54) is 0 Å². The van der Waals surface area contributed by atoms with E-state index >= 15 is 0 Å². The van der Waals surface area contributed by atoms with Gasteiger partial charge in [-0.05, 0) is 48.5 Å². The lowest BCUT2D eigenvalue weighted by molar-refractivity contribution is 0.102. The van der Waals surface area contributed by atoms with E-state index in [1.54, 1.807) is 68.4 Å². The average Bonchev–Trinajstić information content (AvgIpc) is 3.47. The van der Waals surface area contributed by atoms with Gasteiger partial charge in [-0.2, -0.15) is 5.10 Å². The van der Waals surface area contributed by atoms with Gasteiger partial charge in [0.25, 0.3) is 5.91 Å². The van der Waals surface area contributed by atoms with E-state index in [-0.39, 0.29) is 5.91 Å². The maximum Gasteiger partial charge on any atom is 0.259 e. The molecule has 1 amide bonds. The highest BCUT2D eigenvalue weighted by Crippen LogP contribution is 2.35. The molecule has 2 aromatic heterocycles. The number of carbonyl (C=O) groups excluding carboxylic acids is 1. The topological polar surface area (TPSA) is 91.4 Å². The molecule has 3 aromatic carbocycles. The number of anilines is 1. The average molecular weight is 454 g/mol. The summed E-state index contributed by atoms with van der Waals surface area (Å²) in [4.78, 5) is 17.8. The van der Waals surface area contributed by atoms with Crippen molar-refractivity contribution in [1.29, 1.82) is 0 Å². The number of hydrogen-bond acceptors (Lipinski definition) is 6. The number of oxazole rings is 1. The molecule has 5 aromatic rings. The Bertz CT molecular complexity index is 1490. The van der Waals surface area contributed by atoms with Crippen LogP contribution in [0.15, 0.2) is 77.3 Å². The second kappa shape index (κ2) is 8.74. The summed E-state index contributed by atoms with van der Waals surface area (Å²) in [6.07, 6.45) is 1.71. The van der Waals surface area contributed by atoms with Crippen molar-refractivity contribution < 1.29 is 18.7 Å². The number of methoxy groups -OCH3 is 2. The molecule has 5 rings (SSSR count). The third-order valence-corrected chi connectivity index (χ3v) is 5.39. The third kappa shape index (κ3) is 3.97. The number of carbonyl (C=O) groups is 1. The smallest absolute Gasteiger partial charge is 0.259 e. The van der Waals surface area contributed by atoms with E-state index in [2.05, 4.69) is 10.3 Å². The standard InChI is InChI=1S/C26H22N4O4/c1-16-27-22-13-17(9-11-24(22)34-16)28-26(31)21-15-30(18-7-5-4-6-8-18)29-25(21)20-14-19(32-2)10-12-23(20)33-3/h4-15H,1-3H3,(H,28,31). The number of rotatable bonds is 6. The van der Waals surface area contributed by atoms with Crippen LogP contribution in [0.25, 0.3) is 28.0 Å². The monoisotopic (exact) mass is 454 g/mol. The number of aromatic nitrogens is 3. The zero-order chi connectivity index (χ0) is 23.7. The molecule has 0 atom stereocenters. The fourth-order valence-corrected chi connectivity index (χ4v) is 3.77. The first-order valence-corrected chi connectivity index (χ1v) is 10.6. The number of aryl methyl sites for hydroxylation is 1. The van der Waals surface area contributed by atoms with Crippen LogP contribution in [0.2, 0.25) is 0 Å². The van der Waals surface area contributed by atoms with Crippen molar-refractivity contribution in [3.05, 3.63) is 84.4 Å². The molecule has 0 saturated heterocycles. The lowest BCUT2D eigenvalue weighted by Crippen LogP contribution is -2.12. The van der Waals surface area contributed by atoms with Crippen molar-refractivity contribution >= 4 is 22.7 Å². The van der Waals surface area contributed by atoms with Crippen LogP contribution in [0.3, 0.4) is 0 Å². The molecule has 2 heterocycles. The van der Waals surface area contributed by atoms with E-state index in [0.29, 0.717) is 51.0 Å². The number of amides is 1. The molecule has 8 heteroatoms. The first-order chi connectivity index (χ1) is 16.6. The first kappa shape index (κ1) is 21.3. The molecule has 0 saturated carbocycles. The molecule has 0 aliphatic rings. The summed E-state index contributed by atoms with van der Waals surface area (Å²) >= 11 is 0. The summed E-state index contributed by atoms with van der Waals surface area (Å²) in [6.45, 7) is 1.78. The van der Waals surface area contributed by atoms with Crippen molar-refractivity contribution in [1.82, 2.24) is 14.8 Å². The van der Waals surface area contributed by atoms with Crippen molar-refractivity contribution in [3.63, 3.8) is 0 Å². The van der Waals surface area contributed by atoms with Crippen molar-refractivity contribution in [3.8, 4) is 28.4 Å². The van der Waals surface area contributed by atoms with Gasteiger partial charge < -0.3 is 19.2 Å². The minimum Gasteiger partial charge on any atom is -0.497 e. The molecular weight excluding hydrogens is 432 g/mol. The molecule has 0 bridgehead atoms. The summed E-state index contributed by atoms with van der Waals surface area (Å²) < 4.78 is 18.2. The Balaban J connectivity index is 1.60. The van der Waals surface area contributed by atoms with Crippen molar-refractivity contribution in [2.45, 2.75) is 6.92 Å². The highest BCUT2D eigenvalue weighted by molar-refractivity contribution is 6.09. The summed E-state index contributed by atoms with van der Waals surface area (Å²) in [5.41, 5.74) is 4.25. The fraction of sp³-hybridized carbons (Fsp3) is 0.115. The van der Waals surface area contributed by atoms with Crippen LogP contribution in [0.5, 0.6) is 11.5 Å². The van der Waals surface area contributed by atoms with Gasteiger partial charge in [0.2, 0.25) is 0 Å². The van der Waals surface area contributed by atoms with Crippen LogP contribution in [0.4, 0.5) is 5.69 Å². The van der Waals surface area contributed by atoms with Gasteiger partial charge >= 0.3 is 0 Å². The molecule has 34 heavy (non-hydrogen) atoms. The predicted molar refractivity (Wildman–Crippen MR) is 129 cm³/mol. The number of para-hydroxylation sites is 1. The molecular formula is C26H22N4O4. The Labute approximate surface area is 195 Å². The molecule has 0 aliphatic heterocycles. The summed E-state index contributed by atoms with van der Waals surface area (Å²) in [5.74, 6) is 1.45. The Kier molecular flexibility index (Phi) is 5.47. The highest BCUT2D eigenvalue weighted by Gasteiger charge is 2.22. The lowest BCUT2D eigenvalue weighted by Gasteiger charge is -2.10. The number of ether oxygens (including phenoxy) is 2. The Morgan fingerprint density at radius 3 is 2.59 bits per heavy atom. The van der Waals surface area contributed by atoms with Crippen molar-refractivity contribution in [2.24, 2.45) is 0 Å². The van der Waals surface area contributed by atoms with Gasteiger partial charge in [0.05, 0.1) is 25.5 Å². The van der Waals surface area contributed by atoms with Gasteiger partial charge in [0.15, 0.2) is 11.5 Å². The van der Waals surface area contributed by atoms with Crippen LogP contribution >= 0.6 is 0 Å². The first-order valence-electron chi connectivity index (χ1n) is 10.6. The summed E-state index contributed by atoms with van der Waals surface area (Å²) in [5, 5.41) is 7.70. The van der Waals surface area contributed by atoms with E-state index in [1.807, 2.05) is 30.3 Å². The van der Waals surface area contributed by atoms with Gasteiger partial charge in [0, 0.05) is 24.4 Å². The van der Waals surface area contributed by atoms with Gasteiger partial charge in [-0.1, -0.05) is 18.2 Å². The lowest BCUT2D eigenvalue weighted by atomic mass is 10.1. The highest BCUT2D eigenvalue weighted by atomic mass is 16.5. The molecule has 1 N–H and O–H groups in total. The van der Waals surface area contributed by atoms with Gasteiger partial charge in [-0.15, -0.1) is 0 Å². The molecule has 0 unspecified atom stereocenters. The second-order valence-electron chi connectivity index (χ2n) is 7.61.